The number of hydrogen-bond donors (Lipinski definition) is 1. The summed E-state index contributed by atoms with van der Waals surface area (Å²) in [6.45, 7) is 1.000. The van der Waals surface area contributed by atoms with E-state index in [9.17, 15) is 0 Å². The summed E-state index contributed by atoms with van der Waals surface area (Å²) in [5, 5.41) is 4.07. The molecule has 0 saturated heterocycles. The molecular formula is C22H21BrClNO3. The zero-order chi connectivity index (χ0) is 19.9. The Morgan fingerprint density at radius 2 is 1.64 bits per heavy atom. The summed E-state index contributed by atoms with van der Waals surface area (Å²) < 4.78 is 17.6. The molecule has 3 aromatic rings. The van der Waals surface area contributed by atoms with Crippen LogP contribution in [0, 0.1) is 0 Å². The molecular weight excluding hydrogens is 442 g/mol. The van der Waals surface area contributed by atoms with Gasteiger partial charge in [-0.1, -0.05) is 45.7 Å². The van der Waals surface area contributed by atoms with E-state index in [1.165, 1.54) is 0 Å². The molecule has 0 aliphatic rings. The fourth-order valence-electron chi connectivity index (χ4n) is 2.66. The number of rotatable bonds is 8. The minimum atomic E-state index is 0.367. The van der Waals surface area contributed by atoms with Gasteiger partial charge in [0, 0.05) is 27.3 Å². The molecule has 0 unspecified atom stereocenters. The summed E-state index contributed by atoms with van der Waals surface area (Å²) in [4.78, 5) is 0. The zero-order valence-corrected chi connectivity index (χ0v) is 18.0. The molecule has 0 bridgehead atoms. The average Bonchev–Trinajstić information content (AvgIpc) is 2.72. The minimum absolute atomic E-state index is 0.367. The maximum atomic E-state index is 6.20. The summed E-state index contributed by atoms with van der Waals surface area (Å²) in [5.74, 6) is 2.15. The lowest BCUT2D eigenvalue weighted by molar-refractivity contribution is 0.284. The number of nitrogens with one attached hydrogen (secondary N) is 1. The van der Waals surface area contributed by atoms with Crippen LogP contribution in [-0.2, 0) is 13.2 Å². The van der Waals surface area contributed by atoms with Crippen LogP contribution in [0.3, 0.4) is 0 Å². The van der Waals surface area contributed by atoms with Crippen molar-refractivity contribution in [3.05, 3.63) is 81.3 Å². The Hall–Kier alpha value is -2.37. The van der Waals surface area contributed by atoms with E-state index >= 15 is 0 Å². The first kappa shape index (κ1) is 20.4. The third kappa shape index (κ3) is 5.12. The summed E-state index contributed by atoms with van der Waals surface area (Å²) in [6.07, 6.45) is 0. The number of methoxy groups -OCH3 is 2. The van der Waals surface area contributed by atoms with Crippen molar-refractivity contribution in [1.82, 2.24) is 0 Å². The van der Waals surface area contributed by atoms with Crippen LogP contribution in [-0.4, -0.2) is 14.2 Å². The molecule has 0 amide bonds. The van der Waals surface area contributed by atoms with Crippen LogP contribution in [0.1, 0.15) is 11.1 Å². The van der Waals surface area contributed by atoms with E-state index in [1.54, 1.807) is 14.2 Å². The number of halogens is 2. The highest BCUT2D eigenvalue weighted by molar-refractivity contribution is 9.10. The Morgan fingerprint density at radius 3 is 2.32 bits per heavy atom. The highest BCUT2D eigenvalue weighted by atomic mass is 79.9. The molecule has 0 aliphatic heterocycles. The molecule has 0 spiro atoms. The Morgan fingerprint density at radius 1 is 0.893 bits per heavy atom. The molecule has 0 radical (unpaired) electrons. The van der Waals surface area contributed by atoms with Crippen LogP contribution in [0.2, 0.25) is 5.02 Å². The van der Waals surface area contributed by atoms with E-state index in [0.717, 1.165) is 27.0 Å². The molecule has 3 aromatic carbocycles. The lowest BCUT2D eigenvalue weighted by Crippen LogP contribution is -2.03. The summed E-state index contributed by atoms with van der Waals surface area (Å²) in [6, 6.07) is 19.3. The van der Waals surface area contributed by atoms with E-state index in [-0.39, 0.29) is 0 Å². The van der Waals surface area contributed by atoms with E-state index in [2.05, 4.69) is 21.2 Å². The first-order chi connectivity index (χ1) is 13.6. The van der Waals surface area contributed by atoms with Gasteiger partial charge in [-0.3, -0.25) is 0 Å². The Balaban J connectivity index is 1.70. The molecule has 0 atom stereocenters. The second-order valence-electron chi connectivity index (χ2n) is 6.06. The van der Waals surface area contributed by atoms with Gasteiger partial charge in [-0.05, 0) is 48.0 Å². The SMILES string of the molecule is COc1ccc(NCc2cc(OC)c(OCc3ccccc3Cl)cc2Br)cc1. The predicted octanol–water partition coefficient (Wildman–Crippen LogP) is 6.31. The Labute approximate surface area is 178 Å². The second kappa shape index (κ2) is 9.71. The van der Waals surface area contributed by atoms with Gasteiger partial charge < -0.3 is 19.5 Å². The smallest absolute Gasteiger partial charge is 0.162 e. The molecule has 4 nitrogen and oxygen atoms in total. The largest absolute Gasteiger partial charge is 0.497 e. The highest BCUT2D eigenvalue weighted by Crippen LogP contribution is 2.35. The summed E-state index contributed by atoms with van der Waals surface area (Å²) in [5.41, 5.74) is 2.98. The minimum Gasteiger partial charge on any atom is -0.497 e. The lowest BCUT2D eigenvalue weighted by atomic mass is 10.2. The number of anilines is 1. The second-order valence-corrected chi connectivity index (χ2v) is 7.32. The molecule has 3 rings (SSSR count). The third-order valence-electron chi connectivity index (χ3n) is 4.25. The van der Waals surface area contributed by atoms with Crippen LogP contribution >= 0.6 is 27.5 Å². The molecule has 0 fully saturated rings. The molecule has 1 N–H and O–H groups in total. The van der Waals surface area contributed by atoms with Crippen molar-refractivity contribution in [1.29, 1.82) is 0 Å². The van der Waals surface area contributed by atoms with Crippen molar-refractivity contribution in [2.75, 3.05) is 19.5 Å². The van der Waals surface area contributed by atoms with Crippen LogP contribution in [0.4, 0.5) is 5.69 Å². The van der Waals surface area contributed by atoms with Crippen molar-refractivity contribution < 1.29 is 14.2 Å². The summed E-state index contributed by atoms with van der Waals surface area (Å²) in [7, 11) is 3.29. The molecule has 0 heterocycles. The number of ether oxygens (including phenoxy) is 3. The van der Waals surface area contributed by atoms with Crippen molar-refractivity contribution >= 4 is 33.2 Å². The first-order valence-corrected chi connectivity index (χ1v) is 9.88. The fourth-order valence-corrected chi connectivity index (χ4v) is 3.31. The van der Waals surface area contributed by atoms with Crippen molar-refractivity contribution in [3.8, 4) is 17.2 Å². The van der Waals surface area contributed by atoms with Gasteiger partial charge in [0.15, 0.2) is 11.5 Å². The van der Waals surface area contributed by atoms with Crippen LogP contribution in [0.5, 0.6) is 17.2 Å². The first-order valence-electron chi connectivity index (χ1n) is 8.71. The van der Waals surface area contributed by atoms with Gasteiger partial charge in [0.1, 0.15) is 12.4 Å². The normalized spacial score (nSPS) is 10.4. The van der Waals surface area contributed by atoms with Gasteiger partial charge in [0.2, 0.25) is 0 Å². The quantitative estimate of drug-likeness (QED) is 0.426. The van der Waals surface area contributed by atoms with E-state index in [0.29, 0.717) is 29.7 Å². The van der Waals surface area contributed by atoms with Gasteiger partial charge in [-0.2, -0.15) is 0 Å². The molecule has 6 heteroatoms. The van der Waals surface area contributed by atoms with Crippen LogP contribution < -0.4 is 19.5 Å². The van der Waals surface area contributed by atoms with Crippen LogP contribution in [0.15, 0.2) is 65.1 Å². The van der Waals surface area contributed by atoms with E-state index < -0.39 is 0 Å². The predicted molar refractivity (Wildman–Crippen MR) is 117 cm³/mol. The van der Waals surface area contributed by atoms with Crippen molar-refractivity contribution in [3.63, 3.8) is 0 Å². The van der Waals surface area contributed by atoms with Gasteiger partial charge >= 0.3 is 0 Å². The van der Waals surface area contributed by atoms with Gasteiger partial charge in [-0.25, -0.2) is 0 Å². The average molecular weight is 463 g/mol. The number of benzene rings is 3. The molecule has 28 heavy (non-hydrogen) atoms. The lowest BCUT2D eigenvalue weighted by Gasteiger charge is -2.15. The van der Waals surface area contributed by atoms with E-state index in [4.69, 9.17) is 25.8 Å². The maximum absolute atomic E-state index is 6.20. The molecule has 0 aromatic heterocycles. The van der Waals surface area contributed by atoms with Gasteiger partial charge in [0.25, 0.3) is 0 Å². The molecule has 146 valence electrons. The highest BCUT2D eigenvalue weighted by Gasteiger charge is 2.11. The molecule has 0 aliphatic carbocycles. The summed E-state index contributed by atoms with van der Waals surface area (Å²) >= 11 is 9.83. The Kier molecular flexibility index (Phi) is 7.06. The van der Waals surface area contributed by atoms with Gasteiger partial charge in [-0.15, -0.1) is 0 Å². The third-order valence-corrected chi connectivity index (χ3v) is 5.35. The fraction of sp³-hybridized carbons (Fsp3) is 0.182. The van der Waals surface area contributed by atoms with Crippen LogP contribution in [0.25, 0.3) is 0 Å². The topological polar surface area (TPSA) is 39.7 Å². The monoisotopic (exact) mass is 461 g/mol. The maximum Gasteiger partial charge on any atom is 0.162 e. The van der Waals surface area contributed by atoms with Gasteiger partial charge in [0.05, 0.1) is 14.2 Å². The zero-order valence-electron chi connectivity index (χ0n) is 15.7. The van der Waals surface area contributed by atoms with E-state index in [1.807, 2.05) is 60.7 Å². The standard InChI is InChI=1S/C22H21BrClNO3/c1-26-18-9-7-17(8-10-18)25-13-16-11-21(27-2)22(12-19(16)23)28-14-15-5-3-4-6-20(15)24/h3-12,25H,13-14H2,1-2H3. The van der Waals surface area contributed by atoms with Crippen molar-refractivity contribution in [2.45, 2.75) is 13.2 Å². The number of hydrogen-bond acceptors (Lipinski definition) is 4. The van der Waals surface area contributed by atoms with Crippen molar-refractivity contribution in [2.24, 2.45) is 0 Å². The molecule has 0 saturated carbocycles. The Bertz CT molecular complexity index is 932.